The van der Waals surface area contributed by atoms with Crippen LogP contribution in [0.25, 0.3) is 0 Å². The molecule has 1 fully saturated rings. The highest BCUT2D eigenvalue weighted by molar-refractivity contribution is 6.03. The van der Waals surface area contributed by atoms with Gasteiger partial charge in [0.25, 0.3) is 5.91 Å². The quantitative estimate of drug-likeness (QED) is 0.869. The van der Waals surface area contributed by atoms with Crippen molar-refractivity contribution in [3.05, 3.63) is 53.9 Å². The molecule has 0 atom stereocenters. The van der Waals surface area contributed by atoms with Gasteiger partial charge in [-0.15, -0.1) is 0 Å². The molecule has 2 heterocycles. The molecule has 2 amide bonds. The van der Waals surface area contributed by atoms with Gasteiger partial charge in [-0.05, 0) is 31.2 Å². The van der Waals surface area contributed by atoms with Gasteiger partial charge in [0.15, 0.2) is 0 Å². The van der Waals surface area contributed by atoms with Crippen LogP contribution in [0.1, 0.15) is 17.4 Å². The summed E-state index contributed by atoms with van der Waals surface area (Å²) < 4.78 is 31.7. The number of nitrogens with zero attached hydrogens (tertiary/aromatic N) is 3. The van der Waals surface area contributed by atoms with Crippen LogP contribution in [0, 0.1) is 11.6 Å². The van der Waals surface area contributed by atoms with Gasteiger partial charge in [0, 0.05) is 44.1 Å². The molecular formula is C19H20F2N4O3. The Labute approximate surface area is 160 Å². The van der Waals surface area contributed by atoms with Gasteiger partial charge in [0.2, 0.25) is 0 Å². The number of pyridine rings is 1. The van der Waals surface area contributed by atoms with Crippen molar-refractivity contribution in [1.82, 2.24) is 9.88 Å². The first-order valence-electron chi connectivity index (χ1n) is 8.87. The molecular weight excluding hydrogens is 370 g/mol. The maximum Gasteiger partial charge on any atom is 0.409 e. The Bertz CT molecular complexity index is 870. The molecule has 1 aromatic heterocycles. The molecule has 0 bridgehead atoms. The summed E-state index contributed by atoms with van der Waals surface area (Å²) in [5.41, 5.74) is 0.749. The van der Waals surface area contributed by atoms with Crippen LogP contribution < -0.4 is 10.2 Å². The van der Waals surface area contributed by atoms with Crippen molar-refractivity contribution in [3.63, 3.8) is 0 Å². The van der Waals surface area contributed by atoms with Crippen LogP contribution in [0.5, 0.6) is 0 Å². The van der Waals surface area contributed by atoms with E-state index in [-0.39, 0.29) is 17.5 Å². The van der Waals surface area contributed by atoms with Crippen LogP contribution in [0.4, 0.5) is 25.0 Å². The highest BCUT2D eigenvalue weighted by Crippen LogP contribution is 2.19. The summed E-state index contributed by atoms with van der Waals surface area (Å²) in [6.07, 6.45) is 1.15. The first kappa shape index (κ1) is 19.5. The van der Waals surface area contributed by atoms with E-state index < -0.39 is 17.5 Å². The number of halogens is 2. The molecule has 0 saturated carbocycles. The highest BCUT2D eigenvalue weighted by Gasteiger charge is 2.22. The van der Waals surface area contributed by atoms with E-state index in [1.807, 2.05) is 4.90 Å². The molecule has 28 heavy (non-hydrogen) atoms. The summed E-state index contributed by atoms with van der Waals surface area (Å²) in [6, 6.07) is 6.27. The second-order valence-electron chi connectivity index (χ2n) is 6.15. The predicted molar refractivity (Wildman–Crippen MR) is 99.4 cm³/mol. The number of hydrogen-bond donors (Lipinski definition) is 1. The van der Waals surface area contributed by atoms with Gasteiger partial charge >= 0.3 is 6.09 Å². The van der Waals surface area contributed by atoms with E-state index in [4.69, 9.17) is 4.74 Å². The normalized spacial score (nSPS) is 14.0. The third kappa shape index (κ3) is 4.54. The van der Waals surface area contributed by atoms with E-state index in [1.54, 1.807) is 24.0 Å². The lowest BCUT2D eigenvalue weighted by Crippen LogP contribution is -2.49. The van der Waals surface area contributed by atoms with Crippen molar-refractivity contribution in [1.29, 1.82) is 0 Å². The van der Waals surface area contributed by atoms with Crippen LogP contribution in [-0.4, -0.2) is 54.7 Å². The molecule has 1 aromatic carbocycles. The van der Waals surface area contributed by atoms with Crippen LogP contribution >= 0.6 is 0 Å². The molecule has 148 valence electrons. The van der Waals surface area contributed by atoms with E-state index >= 15 is 0 Å². The maximum atomic E-state index is 13.7. The van der Waals surface area contributed by atoms with Crippen LogP contribution in [0.15, 0.2) is 36.5 Å². The van der Waals surface area contributed by atoms with Gasteiger partial charge < -0.3 is 19.9 Å². The number of benzene rings is 1. The number of anilines is 2. The zero-order valence-electron chi connectivity index (χ0n) is 15.3. The van der Waals surface area contributed by atoms with Gasteiger partial charge in [0.05, 0.1) is 12.3 Å². The second-order valence-corrected chi connectivity index (χ2v) is 6.15. The monoisotopic (exact) mass is 390 g/mol. The van der Waals surface area contributed by atoms with Gasteiger partial charge in [-0.25, -0.2) is 13.6 Å². The number of aromatic nitrogens is 1. The first-order valence-corrected chi connectivity index (χ1v) is 8.87. The van der Waals surface area contributed by atoms with Gasteiger partial charge in [-0.3, -0.25) is 9.78 Å². The largest absolute Gasteiger partial charge is 0.450 e. The minimum atomic E-state index is -0.861. The second kappa shape index (κ2) is 8.64. The van der Waals surface area contributed by atoms with E-state index in [9.17, 15) is 18.4 Å². The lowest BCUT2D eigenvalue weighted by atomic mass is 10.2. The number of rotatable bonds is 4. The molecule has 1 aliphatic heterocycles. The van der Waals surface area contributed by atoms with Crippen molar-refractivity contribution in [3.8, 4) is 0 Å². The molecule has 1 aliphatic rings. The average Bonchev–Trinajstić information content (AvgIpc) is 2.70. The Hall–Kier alpha value is -3.23. The average molecular weight is 390 g/mol. The lowest BCUT2D eigenvalue weighted by Gasteiger charge is -2.35. The fourth-order valence-electron chi connectivity index (χ4n) is 2.88. The fraction of sp³-hybridized carbons (Fsp3) is 0.316. The summed E-state index contributed by atoms with van der Waals surface area (Å²) in [7, 11) is 0. The first-order chi connectivity index (χ1) is 13.5. The molecule has 0 spiro atoms. The Morgan fingerprint density at radius 3 is 2.57 bits per heavy atom. The van der Waals surface area contributed by atoms with E-state index in [0.717, 1.165) is 17.8 Å². The van der Waals surface area contributed by atoms with Crippen LogP contribution in [-0.2, 0) is 4.74 Å². The van der Waals surface area contributed by atoms with Crippen molar-refractivity contribution >= 4 is 23.4 Å². The number of hydrogen-bond acceptors (Lipinski definition) is 5. The molecule has 0 radical (unpaired) electrons. The van der Waals surface area contributed by atoms with Crippen LogP contribution in [0.3, 0.4) is 0 Å². The summed E-state index contributed by atoms with van der Waals surface area (Å²) >= 11 is 0. The zero-order valence-corrected chi connectivity index (χ0v) is 15.3. The van der Waals surface area contributed by atoms with Crippen LogP contribution in [0.2, 0.25) is 0 Å². The van der Waals surface area contributed by atoms with Gasteiger partial charge in [-0.2, -0.15) is 0 Å². The number of carbonyl (C=O) groups is 2. The molecule has 1 N–H and O–H groups in total. The van der Waals surface area contributed by atoms with E-state index in [2.05, 4.69) is 10.3 Å². The molecule has 0 unspecified atom stereocenters. The predicted octanol–water partition coefficient (Wildman–Crippen LogP) is 2.89. The van der Waals surface area contributed by atoms with E-state index in [0.29, 0.717) is 38.9 Å². The molecule has 1 saturated heterocycles. The summed E-state index contributed by atoms with van der Waals surface area (Å²) in [4.78, 5) is 31.8. The molecule has 7 nitrogen and oxygen atoms in total. The molecule has 9 heteroatoms. The number of ether oxygens (including phenoxy) is 1. The Morgan fingerprint density at radius 2 is 1.89 bits per heavy atom. The molecule has 2 aromatic rings. The van der Waals surface area contributed by atoms with Crippen molar-refractivity contribution in [2.45, 2.75) is 6.92 Å². The number of carbonyl (C=O) groups excluding carboxylic acids is 2. The zero-order chi connectivity index (χ0) is 20.1. The minimum Gasteiger partial charge on any atom is -0.450 e. The SMILES string of the molecule is CCOC(=O)N1CCN(c2ccnc(C(=O)Nc3ccc(F)cc3F)c2)CC1. The Balaban J connectivity index is 1.65. The third-order valence-electron chi connectivity index (χ3n) is 4.33. The van der Waals surface area contributed by atoms with Crippen molar-refractivity contribution < 1.29 is 23.1 Å². The number of nitrogens with one attached hydrogen (secondary N) is 1. The van der Waals surface area contributed by atoms with E-state index in [1.165, 1.54) is 6.20 Å². The minimum absolute atomic E-state index is 0.106. The number of piperazine rings is 1. The fourth-order valence-corrected chi connectivity index (χ4v) is 2.88. The highest BCUT2D eigenvalue weighted by atomic mass is 19.1. The smallest absolute Gasteiger partial charge is 0.409 e. The van der Waals surface area contributed by atoms with Gasteiger partial charge in [0.1, 0.15) is 17.3 Å². The maximum absolute atomic E-state index is 13.7. The lowest BCUT2D eigenvalue weighted by molar-refractivity contribution is 0.102. The Morgan fingerprint density at radius 1 is 1.14 bits per heavy atom. The third-order valence-corrected chi connectivity index (χ3v) is 4.33. The van der Waals surface area contributed by atoms with Crippen molar-refractivity contribution in [2.75, 3.05) is 43.0 Å². The Kier molecular flexibility index (Phi) is 6.03. The van der Waals surface area contributed by atoms with Crippen molar-refractivity contribution in [2.24, 2.45) is 0 Å². The topological polar surface area (TPSA) is 74.8 Å². The molecule has 0 aliphatic carbocycles. The standard InChI is InChI=1S/C19H20F2N4O3/c1-2-28-19(27)25-9-7-24(8-10-25)14-5-6-22-17(12-14)18(26)23-16-4-3-13(20)11-15(16)21/h3-6,11-12H,2,7-10H2,1H3,(H,23,26). The summed E-state index contributed by atoms with van der Waals surface area (Å²) in [5, 5.41) is 2.39. The summed E-state index contributed by atoms with van der Waals surface area (Å²) in [6.45, 7) is 4.26. The summed E-state index contributed by atoms with van der Waals surface area (Å²) in [5.74, 6) is -2.19. The molecule has 3 rings (SSSR count). The number of amides is 2. The van der Waals surface area contributed by atoms with Gasteiger partial charge in [-0.1, -0.05) is 0 Å².